The van der Waals surface area contributed by atoms with E-state index in [1.54, 1.807) is 7.11 Å². The molecule has 2 atom stereocenters. The minimum absolute atomic E-state index is 0.395. The Labute approximate surface area is 208 Å². The van der Waals surface area contributed by atoms with Gasteiger partial charge >= 0.3 is 0 Å². The van der Waals surface area contributed by atoms with Gasteiger partial charge in [0.05, 0.1) is 13.2 Å². The Morgan fingerprint density at radius 1 is 1.29 bits per heavy atom. The maximum atomic E-state index is 5.07. The molecule has 7 heteroatoms. The second kappa shape index (κ2) is 10.7. The first-order chi connectivity index (χ1) is 17.2. The number of nitrogens with zero attached hydrogens (tertiary/aromatic N) is 4. The average Bonchev–Trinajstić information content (AvgIpc) is 3.55. The standard InChI is InChI=1S/C28H36N6O/c1-19-16-32-28-23(19)15-22(17-33-28)21-13-20-7-11-34(27(29-2)6-9-30-10-12-35-3)18-25(20)24(14-21)26-5-4-8-31-26/h6,9,13-15,17,19,26,31H,2,4-5,7-8,10-12,16,18H2,1,3H3,(H,32,33)/b27-6+,30-9-. The molecule has 184 valence electrons. The summed E-state index contributed by atoms with van der Waals surface area (Å²) in [5, 5.41) is 7.15. The van der Waals surface area contributed by atoms with Crippen molar-refractivity contribution in [3.05, 3.63) is 58.5 Å². The number of anilines is 1. The lowest BCUT2D eigenvalue weighted by atomic mass is 9.87. The van der Waals surface area contributed by atoms with Gasteiger partial charge in [0.15, 0.2) is 0 Å². The number of aromatic nitrogens is 1. The molecular formula is C28H36N6O. The number of rotatable bonds is 8. The molecule has 0 aliphatic carbocycles. The predicted molar refractivity (Wildman–Crippen MR) is 144 cm³/mol. The molecule has 35 heavy (non-hydrogen) atoms. The molecule has 0 bridgehead atoms. The number of hydrogen-bond donors (Lipinski definition) is 2. The lowest BCUT2D eigenvalue weighted by molar-refractivity contribution is 0.208. The van der Waals surface area contributed by atoms with Crippen molar-refractivity contribution in [1.29, 1.82) is 0 Å². The fraction of sp³-hybridized carbons (Fsp3) is 0.464. The lowest BCUT2D eigenvalue weighted by Crippen LogP contribution is -2.31. The van der Waals surface area contributed by atoms with Gasteiger partial charge in [-0.1, -0.05) is 13.0 Å². The van der Waals surface area contributed by atoms with Crippen molar-refractivity contribution in [3.8, 4) is 11.1 Å². The summed E-state index contributed by atoms with van der Waals surface area (Å²) in [5.74, 6) is 2.40. The third-order valence-electron chi connectivity index (χ3n) is 7.41. The van der Waals surface area contributed by atoms with Crippen molar-refractivity contribution >= 4 is 18.7 Å². The van der Waals surface area contributed by atoms with Crippen molar-refractivity contribution in [2.24, 2.45) is 9.98 Å². The van der Waals surface area contributed by atoms with Crippen LogP contribution in [0, 0.1) is 0 Å². The van der Waals surface area contributed by atoms with E-state index in [1.807, 2.05) is 18.5 Å². The number of pyridine rings is 1. The highest BCUT2D eigenvalue weighted by atomic mass is 16.5. The lowest BCUT2D eigenvalue weighted by Gasteiger charge is -2.33. The van der Waals surface area contributed by atoms with E-state index in [1.165, 1.54) is 46.2 Å². The van der Waals surface area contributed by atoms with Crippen molar-refractivity contribution in [3.63, 3.8) is 0 Å². The topological polar surface area (TPSA) is 74.1 Å². The Bertz CT molecular complexity index is 1130. The van der Waals surface area contributed by atoms with Gasteiger partial charge in [0.2, 0.25) is 0 Å². The van der Waals surface area contributed by atoms with Crippen LogP contribution in [0.4, 0.5) is 5.82 Å². The normalized spacial score (nSPS) is 21.8. The summed E-state index contributed by atoms with van der Waals surface area (Å²) in [4.78, 5) is 15.8. The summed E-state index contributed by atoms with van der Waals surface area (Å²) in [6, 6.07) is 7.52. The van der Waals surface area contributed by atoms with E-state index < -0.39 is 0 Å². The van der Waals surface area contributed by atoms with E-state index in [0.29, 0.717) is 25.1 Å². The number of methoxy groups -OCH3 is 1. The maximum absolute atomic E-state index is 5.07. The van der Waals surface area contributed by atoms with Crippen LogP contribution in [0.5, 0.6) is 0 Å². The van der Waals surface area contributed by atoms with Crippen LogP contribution in [-0.2, 0) is 17.7 Å². The molecule has 2 N–H and O–H groups in total. The molecule has 1 saturated heterocycles. The Morgan fingerprint density at radius 2 is 2.17 bits per heavy atom. The molecule has 0 spiro atoms. The molecule has 1 aromatic heterocycles. The first kappa shape index (κ1) is 23.7. The third-order valence-corrected chi connectivity index (χ3v) is 7.41. The number of aliphatic imine (C=N–C) groups is 2. The van der Waals surface area contributed by atoms with E-state index in [-0.39, 0.29) is 0 Å². The van der Waals surface area contributed by atoms with Gasteiger partial charge in [-0.25, -0.2) is 9.98 Å². The SMILES string of the molecule is C=N/C(=C\C=N/CCOC)N1CCc2cc(-c3cnc4c(c3)C(C)CN4)cc(C3CCCN3)c2C1. The third kappa shape index (κ3) is 5.02. The van der Waals surface area contributed by atoms with Crippen LogP contribution in [0.3, 0.4) is 0 Å². The molecule has 3 aliphatic heterocycles. The molecular weight excluding hydrogens is 436 g/mol. The van der Waals surface area contributed by atoms with Crippen LogP contribution in [-0.4, -0.2) is 62.7 Å². The van der Waals surface area contributed by atoms with Gasteiger partial charge in [-0.05, 0) is 78.6 Å². The molecule has 0 saturated carbocycles. The fourth-order valence-corrected chi connectivity index (χ4v) is 5.44. The Balaban J connectivity index is 1.46. The zero-order valence-electron chi connectivity index (χ0n) is 20.9. The van der Waals surface area contributed by atoms with Crippen molar-refractivity contribution in [2.45, 2.75) is 44.7 Å². The molecule has 7 nitrogen and oxygen atoms in total. The van der Waals surface area contributed by atoms with E-state index in [0.717, 1.165) is 44.2 Å². The van der Waals surface area contributed by atoms with E-state index in [9.17, 15) is 0 Å². The highest BCUT2D eigenvalue weighted by Gasteiger charge is 2.27. The minimum Gasteiger partial charge on any atom is -0.383 e. The summed E-state index contributed by atoms with van der Waals surface area (Å²) in [6.07, 6.45) is 9.17. The van der Waals surface area contributed by atoms with Crippen molar-refractivity contribution in [1.82, 2.24) is 15.2 Å². The Morgan fingerprint density at radius 3 is 2.97 bits per heavy atom. The van der Waals surface area contributed by atoms with Gasteiger partial charge in [-0.2, -0.15) is 0 Å². The second-order valence-electron chi connectivity index (χ2n) is 9.70. The number of nitrogens with one attached hydrogen (secondary N) is 2. The molecule has 1 aromatic carbocycles. The largest absolute Gasteiger partial charge is 0.383 e. The maximum Gasteiger partial charge on any atom is 0.129 e. The van der Waals surface area contributed by atoms with Crippen LogP contribution in [0.25, 0.3) is 11.1 Å². The summed E-state index contributed by atoms with van der Waals surface area (Å²) >= 11 is 0. The highest BCUT2D eigenvalue weighted by Crippen LogP contribution is 2.38. The average molecular weight is 473 g/mol. The van der Waals surface area contributed by atoms with Gasteiger partial charge in [0.25, 0.3) is 0 Å². The first-order valence-corrected chi connectivity index (χ1v) is 12.7. The smallest absolute Gasteiger partial charge is 0.129 e. The summed E-state index contributed by atoms with van der Waals surface area (Å²) in [7, 11) is 1.69. The fourth-order valence-electron chi connectivity index (χ4n) is 5.44. The molecule has 4 heterocycles. The monoisotopic (exact) mass is 472 g/mol. The zero-order valence-corrected chi connectivity index (χ0v) is 20.9. The quantitative estimate of drug-likeness (QED) is 0.442. The van der Waals surface area contributed by atoms with E-state index in [2.05, 4.69) is 57.4 Å². The molecule has 1 fully saturated rings. The molecule has 5 rings (SSSR count). The number of allylic oxidation sites excluding steroid dienone is 1. The van der Waals surface area contributed by atoms with Crippen LogP contribution in [0.2, 0.25) is 0 Å². The molecule has 3 aliphatic rings. The number of benzene rings is 1. The van der Waals surface area contributed by atoms with Gasteiger partial charge in [-0.3, -0.25) is 4.99 Å². The molecule has 2 unspecified atom stereocenters. The van der Waals surface area contributed by atoms with Gasteiger partial charge in [-0.15, -0.1) is 0 Å². The van der Waals surface area contributed by atoms with Crippen molar-refractivity contribution in [2.75, 3.05) is 45.2 Å². The predicted octanol–water partition coefficient (Wildman–Crippen LogP) is 4.32. The van der Waals surface area contributed by atoms with Gasteiger partial charge in [0.1, 0.15) is 11.6 Å². The second-order valence-corrected chi connectivity index (χ2v) is 9.70. The highest BCUT2D eigenvalue weighted by molar-refractivity contribution is 5.72. The van der Waals surface area contributed by atoms with Crippen molar-refractivity contribution < 1.29 is 4.74 Å². The summed E-state index contributed by atoms with van der Waals surface area (Å²) in [5.41, 5.74) is 8.10. The van der Waals surface area contributed by atoms with E-state index in [4.69, 9.17) is 9.72 Å². The summed E-state index contributed by atoms with van der Waals surface area (Å²) < 4.78 is 5.07. The Kier molecular flexibility index (Phi) is 7.25. The van der Waals surface area contributed by atoms with Crippen LogP contribution < -0.4 is 10.6 Å². The van der Waals surface area contributed by atoms with E-state index >= 15 is 0 Å². The Hall–Kier alpha value is -3.03. The number of hydrogen-bond acceptors (Lipinski definition) is 7. The van der Waals surface area contributed by atoms with Crippen LogP contribution in [0.15, 0.2) is 46.3 Å². The van der Waals surface area contributed by atoms with Crippen LogP contribution >= 0.6 is 0 Å². The molecule has 0 amide bonds. The molecule has 2 aromatic rings. The zero-order chi connectivity index (χ0) is 24.2. The summed E-state index contributed by atoms with van der Waals surface area (Å²) in [6.45, 7) is 11.1. The first-order valence-electron chi connectivity index (χ1n) is 12.7. The number of fused-ring (bicyclic) bond motifs is 2. The van der Waals surface area contributed by atoms with Gasteiger partial charge < -0.3 is 20.3 Å². The molecule has 0 radical (unpaired) electrons. The van der Waals surface area contributed by atoms with Gasteiger partial charge in [0, 0.05) is 56.7 Å². The van der Waals surface area contributed by atoms with Crippen LogP contribution in [0.1, 0.15) is 54.0 Å². The minimum atomic E-state index is 0.395. The number of ether oxygens (including phenoxy) is 1.